The maximum Gasteiger partial charge on any atom is 0.251 e. The highest BCUT2D eigenvalue weighted by Gasteiger charge is 2.30. The normalized spacial score (nSPS) is 18.5. The Bertz CT molecular complexity index is 621. The molecule has 3 rings (SSSR count). The second-order valence-electron chi connectivity index (χ2n) is 3.77. The summed E-state index contributed by atoms with van der Waals surface area (Å²) in [6.45, 7) is 0. The number of aromatic nitrogens is 3. The topological polar surface area (TPSA) is 47.8 Å². The molecule has 1 aromatic carbocycles. The summed E-state index contributed by atoms with van der Waals surface area (Å²) in [5, 5.41) is 8.67. The Morgan fingerprint density at radius 1 is 1.33 bits per heavy atom. The molecule has 2 heterocycles. The summed E-state index contributed by atoms with van der Waals surface area (Å²) in [4.78, 5) is 11.9. The number of hydrogen-bond acceptors (Lipinski definition) is 4. The number of rotatable bonds is 2. The molecule has 18 heavy (non-hydrogen) atoms. The third-order valence-corrected chi connectivity index (χ3v) is 3.92. The number of halogens is 1. The molecule has 1 unspecified atom stereocenters. The van der Waals surface area contributed by atoms with E-state index in [1.807, 2.05) is 36.4 Å². The molecule has 1 atom stereocenters. The third-order valence-electron chi connectivity index (χ3n) is 2.56. The molecule has 4 nitrogen and oxygen atoms in total. The van der Waals surface area contributed by atoms with Crippen molar-refractivity contribution < 1.29 is 4.79 Å². The summed E-state index contributed by atoms with van der Waals surface area (Å²) in [5.41, 5.74) is 1.01. The van der Waals surface area contributed by atoms with Crippen LogP contribution in [0.5, 0.6) is 0 Å². The van der Waals surface area contributed by atoms with Gasteiger partial charge in [0, 0.05) is 5.02 Å². The van der Waals surface area contributed by atoms with Crippen LogP contribution in [-0.4, -0.2) is 25.9 Å². The van der Waals surface area contributed by atoms with Crippen molar-refractivity contribution >= 4 is 35.3 Å². The van der Waals surface area contributed by atoms with Crippen LogP contribution < -0.4 is 0 Å². The highest BCUT2D eigenvalue weighted by Crippen LogP contribution is 2.30. The van der Waals surface area contributed by atoms with Gasteiger partial charge in [0.15, 0.2) is 5.16 Å². The van der Waals surface area contributed by atoms with Crippen molar-refractivity contribution in [2.45, 2.75) is 10.4 Å². The Morgan fingerprint density at radius 2 is 2.11 bits per heavy atom. The molecule has 0 amide bonds. The first-order valence-electron chi connectivity index (χ1n) is 5.29. The van der Waals surface area contributed by atoms with Crippen LogP contribution in [0.3, 0.4) is 0 Å². The van der Waals surface area contributed by atoms with E-state index in [0.29, 0.717) is 10.2 Å². The number of carbonyl (C=O) groups excluding carboxylic acids is 1. The molecule has 6 heteroatoms. The van der Waals surface area contributed by atoms with Gasteiger partial charge in [0.1, 0.15) is 11.6 Å². The van der Waals surface area contributed by atoms with Crippen LogP contribution in [0.25, 0.3) is 6.08 Å². The zero-order valence-electron chi connectivity index (χ0n) is 9.15. The second kappa shape index (κ2) is 4.59. The van der Waals surface area contributed by atoms with Gasteiger partial charge in [-0.25, -0.2) is 4.57 Å². The van der Waals surface area contributed by atoms with E-state index in [1.54, 1.807) is 0 Å². The molecule has 0 N–H and O–H groups in total. The van der Waals surface area contributed by atoms with Crippen LogP contribution in [0.15, 0.2) is 41.8 Å². The number of carbonyl (C=O) groups is 1. The quantitative estimate of drug-likeness (QED) is 0.847. The SMILES string of the molecule is O=C1C(/C=C\c2ccc(Cl)cc2)Sc2nncn21. The fourth-order valence-electron chi connectivity index (χ4n) is 1.65. The largest absolute Gasteiger partial charge is 0.272 e. The summed E-state index contributed by atoms with van der Waals surface area (Å²) < 4.78 is 1.47. The first-order valence-corrected chi connectivity index (χ1v) is 6.54. The van der Waals surface area contributed by atoms with E-state index in [0.717, 1.165) is 5.56 Å². The Balaban J connectivity index is 1.77. The van der Waals surface area contributed by atoms with E-state index in [9.17, 15) is 4.79 Å². The van der Waals surface area contributed by atoms with Crippen molar-refractivity contribution in [1.29, 1.82) is 0 Å². The zero-order valence-corrected chi connectivity index (χ0v) is 10.7. The maximum absolute atomic E-state index is 11.9. The molecule has 0 saturated heterocycles. The lowest BCUT2D eigenvalue weighted by Gasteiger charge is -1.99. The maximum atomic E-state index is 11.9. The molecule has 0 bridgehead atoms. The van der Waals surface area contributed by atoms with Gasteiger partial charge in [-0.2, -0.15) is 0 Å². The van der Waals surface area contributed by atoms with Crippen LogP contribution in [0, 0.1) is 0 Å². The van der Waals surface area contributed by atoms with Gasteiger partial charge in [-0.15, -0.1) is 10.2 Å². The van der Waals surface area contributed by atoms with E-state index < -0.39 is 0 Å². The van der Waals surface area contributed by atoms with Crippen molar-refractivity contribution in [3.8, 4) is 0 Å². The fourth-order valence-corrected chi connectivity index (χ4v) is 2.72. The predicted octanol–water partition coefficient (Wildman–Crippen LogP) is 2.76. The molecule has 2 aromatic rings. The molecular formula is C12H8ClN3OS. The van der Waals surface area contributed by atoms with E-state index in [-0.39, 0.29) is 11.2 Å². The molecule has 0 spiro atoms. The predicted molar refractivity (Wildman–Crippen MR) is 70.8 cm³/mol. The van der Waals surface area contributed by atoms with E-state index in [1.165, 1.54) is 22.7 Å². The lowest BCUT2D eigenvalue weighted by molar-refractivity contribution is 0.0921. The summed E-state index contributed by atoms with van der Waals surface area (Å²) in [5.74, 6) is -0.00906. The number of nitrogens with zero attached hydrogens (tertiary/aromatic N) is 3. The van der Waals surface area contributed by atoms with Gasteiger partial charge >= 0.3 is 0 Å². The molecule has 0 radical (unpaired) electrons. The molecule has 1 aliphatic heterocycles. The Kier molecular flexibility index (Phi) is 2.93. The molecule has 0 saturated carbocycles. The number of thioether (sulfide) groups is 1. The van der Waals surface area contributed by atoms with E-state index in [2.05, 4.69) is 10.2 Å². The van der Waals surface area contributed by atoms with Gasteiger partial charge in [-0.05, 0) is 17.7 Å². The first kappa shape index (κ1) is 11.5. The second-order valence-corrected chi connectivity index (χ2v) is 5.32. The van der Waals surface area contributed by atoms with Crippen molar-refractivity contribution in [3.63, 3.8) is 0 Å². The molecule has 1 aromatic heterocycles. The van der Waals surface area contributed by atoms with Gasteiger partial charge in [0.25, 0.3) is 5.91 Å². The minimum absolute atomic E-state index is 0.00906. The van der Waals surface area contributed by atoms with Gasteiger partial charge in [0.05, 0.1) is 0 Å². The average molecular weight is 278 g/mol. The Morgan fingerprint density at radius 3 is 2.83 bits per heavy atom. The van der Waals surface area contributed by atoms with Crippen LogP contribution in [0.4, 0.5) is 0 Å². The fraction of sp³-hybridized carbons (Fsp3) is 0.0833. The molecule has 1 aliphatic rings. The number of fused-ring (bicyclic) bond motifs is 1. The summed E-state index contributed by atoms with van der Waals surface area (Å²) >= 11 is 7.21. The van der Waals surface area contributed by atoms with Crippen LogP contribution >= 0.6 is 23.4 Å². The van der Waals surface area contributed by atoms with Crippen molar-refractivity contribution in [1.82, 2.24) is 14.8 Å². The highest BCUT2D eigenvalue weighted by atomic mass is 35.5. The molecule has 90 valence electrons. The summed E-state index contributed by atoms with van der Waals surface area (Å²) in [6, 6.07) is 7.45. The first-order chi connectivity index (χ1) is 8.74. The van der Waals surface area contributed by atoms with Crippen molar-refractivity contribution in [2.75, 3.05) is 0 Å². The molecular weight excluding hydrogens is 270 g/mol. The minimum atomic E-state index is -0.230. The summed E-state index contributed by atoms with van der Waals surface area (Å²) in [6.07, 6.45) is 5.22. The Hall–Kier alpha value is -1.59. The molecule has 0 fully saturated rings. The average Bonchev–Trinajstić information content (AvgIpc) is 2.93. The lowest BCUT2D eigenvalue weighted by atomic mass is 10.2. The standard InChI is InChI=1S/C12H8ClN3OS/c13-9-4-1-8(2-5-9)3-6-10-11(17)16-7-14-15-12(16)18-10/h1-7,10H/b6-3-. The van der Waals surface area contributed by atoms with Crippen LogP contribution in [0.1, 0.15) is 10.4 Å². The van der Waals surface area contributed by atoms with E-state index in [4.69, 9.17) is 11.6 Å². The van der Waals surface area contributed by atoms with Gasteiger partial charge in [-0.1, -0.05) is 47.6 Å². The monoisotopic (exact) mass is 277 g/mol. The Labute approximate surface area is 113 Å². The van der Waals surface area contributed by atoms with Crippen molar-refractivity contribution in [2.24, 2.45) is 0 Å². The number of hydrogen-bond donors (Lipinski definition) is 0. The van der Waals surface area contributed by atoms with Crippen LogP contribution in [0.2, 0.25) is 5.02 Å². The van der Waals surface area contributed by atoms with Gasteiger partial charge in [-0.3, -0.25) is 4.79 Å². The van der Waals surface area contributed by atoms with E-state index >= 15 is 0 Å². The van der Waals surface area contributed by atoms with Crippen LogP contribution in [-0.2, 0) is 0 Å². The summed E-state index contributed by atoms with van der Waals surface area (Å²) in [7, 11) is 0. The van der Waals surface area contributed by atoms with Gasteiger partial charge in [0.2, 0.25) is 0 Å². The highest BCUT2D eigenvalue weighted by molar-refractivity contribution is 8.01. The number of benzene rings is 1. The smallest absolute Gasteiger partial charge is 0.251 e. The third kappa shape index (κ3) is 2.07. The molecule has 0 aliphatic carbocycles. The van der Waals surface area contributed by atoms with Gasteiger partial charge < -0.3 is 0 Å². The lowest BCUT2D eigenvalue weighted by Crippen LogP contribution is -2.14. The van der Waals surface area contributed by atoms with Crippen molar-refractivity contribution in [3.05, 3.63) is 47.3 Å². The zero-order chi connectivity index (χ0) is 12.5. The minimum Gasteiger partial charge on any atom is -0.272 e.